The molecule has 2 rings (SSSR count). The van der Waals surface area contributed by atoms with Crippen molar-refractivity contribution in [2.24, 2.45) is 5.41 Å². The van der Waals surface area contributed by atoms with Gasteiger partial charge in [-0.1, -0.05) is 13.8 Å². The van der Waals surface area contributed by atoms with E-state index in [4.69, 9.17) is 10.5 Å². The Morgan fingerprint density at radius 3 is 2.50 bits per heavy atom. The van der Waals surface area contributed by atoms with E-state index in [1.807, 2.05) is 0 Å². The molecule has 1 saturated carbocycles. The van der Waals surface area contributed by atoms with E-state index in [0.717, 1.165) is 12.8 Å². The van der Waals surface area contributed by atoms with Crippen LogP contribution in [0.15, 0.2) is 12.4 Å². The summed E-state index contributed by atoms with van der Waals surface area (Å²) in [6.45, 7) is 4.62. The standard InChI is InChI=1S/C12H19N3O/c1-12(2)5-3-9(4-6-12)16-11-8-14-10(13)7-15-11/h7-9H,3-6H2,1-2H3,(H2,13,14). The van der Waals surface area contributed by atoms with Gasteiger partial charge in [-0.3, -0.25) is 0 Å². The second kappa shape index (κ2) is 4.28. The number of aromatic nitrogens is 2. The van der Waals surface area contributed by atoms with Crippen molar-refractivity contribution in [3.8, 4) is 5.88 Å². The summed E-state index contributed by atoms with van der Waals surface area (Å²) in [5.74, 6) is 1.01. The fourth-order valence-corrected chi connectivity index (χ4v) is 2.05. The summed E-state index contributed by atoms with van der Waals surface area (Å²) in [7, 11) is 0. The Labute approximate surface area is 96.2 Å². The molecule has 0 radical (unpaired) electrons. The lowest BCUT2D eigenvalue weighted by molar-refractivity contribution is 0.0946. The molecule has 1 aromatic heterocycles. The Bertz CT molecular complexity index is 338. The van der Waals surface area contributed by atoms with Gasteiger partial charge >= 0.3 is 0 Å². The van der Waals surface area contributed by atoms with E-state index in [1.54, 1.807) is 6.20 Å². The first-order chi connectivity index (χ1) is 7.55. The summed E-state index contributed by atoms with van der Waals surface area (Å²) in [6.07, 6.45) is 8.01. The van der Waals surface area contributed by atoms with Gasteiger partial charge in [0.25, 0.3) is 0 Å². The van der Waals surface area contributed by atoms with Gasteiger partial charge in [-0.15, -0.1) is 0 Å². The Morgan fingerprint density at radius 2 is 1.94 bits per heavy atom. The Kier molecular flexibility index (Phi) is 2.99. The third kappa shape index (κ3) is 2.84. The molecule has 0 atom stereocenters. The zero-order chi connectivity index (χ0) is 11.6. The molecule has 0 saturated heterocycles. The minimum absolute atomic E-state index is 0.283. The number of hydrogen-bond donors (Lipinski definition) is 1. The molecular weight excluding hydrogens is 202 g/mol. The van der Waals surface area contributed by atoms with Crippen LogP contribution in [-0.4, -0.2) is 16.1 Å². The van der Waals surface area contributed by atoms with Gasteiger partial charge < -0.3 is 10.5 Å². The van der Waals surface area contributed by atoms with E-state index in [0.29, 0.717) is 17.1 Å². The number of anilines is 1. The second-order valence-corrected chi connectivity index (χ2v) is 5.26. The first-order valence-corrected chi connectivity index (χ1v) is 5.79. The first kappa shape index (κ1) is 11.2. The van der Waals surface area contributed by atoms with Crippen LogP contribution in [0.5, 0.6) is 5.88 Å². The maximum atomic E-state index is 5.77. The predicted octanol–water partition coefficient (Wildman–Crippen LogP) is 2.41. The minimum atomic E-state index is 0.283. The molecule has 0 unspecified atom stereocenters. The van der Waals surface area contributed by atoms with Crippen molar-refractivity contribution in [3.05, 3.63) is 12.4 Å². The summed E-state index contributed by atoms with van der Waals surface area (Å²) >= 11 is 0. The summed E-state index contributed by atoms with van der Waals surface area (Å²) in [4.78, 5) is 8.06. The molecule has 1 aromatic rings. The largest absolute Gasteiger partial charge is 0.473 e. The molecule has 0 spiro atoms. The van der Waals surface area contributed by atoms with Crippen molar-refractivity contribution >= 4 is 5.82 Å². The van der Waals surface area contributed by atoms with Gasteiger partial charge in [0.15, 0.2) is 0 Å². The predicted molar refractivity (Wildman–Crippen MR) is 63.1 cm³/mol. The van der Waals surface area contributed by atoms with E-state index in [2.05, 4.69) is 23.8 Å². The highest BCUT2D eigenvalue weighted by molar-refractivity contribution is 5.24. The summed E-state index contributed by atoms with van der Waals surface area (Å²) in [5, 5.41) is 0. The molecule has 1 heterocycles. The molecule has 1 aliphatic rings. The third-order valence-corrected chi connectivity index (χ3v) is 3.22. The number of ether oxygens (including phenoxy) is 1. The quantitative estimate of drug-likeness (QED) is 0.833. The lowest BCUT2D eigenvalue weighted by Gasteiger charge is -2.33. The molecule has 1 fully saturated rings. The van der Waals surface area contributed by atoms with Gasteiger partial charge in [-0.05, 0) is 31.1 Å². The Hall–Kier alpha value is -1.32. The highest BCUT2D eigenvalue weighted by atomic mass is 16.5. The van der Waals surface area contributed by atoms with Crippen LogP contribution in [0.25, 0.3) is 0 Å². The zero-order valence-electron chi connectivity index (χ0n) is 9.94. The highest BCUT2D eigenvalue weighted by Gasteiger charge is 2.27. The van der Waals surface area contributed by atoms with Crippen LogP contribution in [0.4, 0.5) is 5.82 Å². The molecule has 2 N–H and O–H groups in total. The van der Waals surface area contributed by atoms with Crippen LogP contribution >= 0.6 is 0 Å². The second-order valence-electron chi connectivity index (χ2n) is 5.26. The van der Waals surface area contributed by atoms with Crippen LogP contribution in [0, 0.1) is 5.41 Å². The van der Waals surface area contributed by atoms with Crippen molar-refractivity contribution in [2.45, 2.75) is 45.6 Å². The highest BCUT2D eigenvalue weighted by Crippen LogP contribution is 2.36. The molecule has 0 bridgehead atoms. The lowest BCUT2D eigenvalue weighted by atomic mass is 9.76. The van der Waals surface area contributed by atoms with Crippen LogP contribution in [-0.2, 0) is 0 Å². The minimum Gasteiger partial charge on any atom is -0.473 e. The lowest BCUT2D eigenvalue weighted by Crippen LogP contribution is -2.28. The van der Waals surface area contributed by atoms with Gasteiger partial charge in [0, 0.05) is 0 Å². The van der Waals surface area contributed by atoms with E-state index in [1.165, 1.54) is 19.0 Å². The molecular formula is C12H19N3O. The van der Waals surface area contributed by atoms with E-state index in [-0.39, 0.29) is 6.10 Å². The normalized spacial score (nSPS) is 20.6. The molecule has 0 amide bonds. The van der Waals surface area contributed by atoms with Crippen LogP contribution in [0.1, 0.15) is 39.5 Å². The number of nitrogen functional groups attached to an aromatic ring is 1. The SMILES string of the molecule is CC1(C)CCC(Oc2cnc(N)cn2)CC1. The van der Waals surface area contributed by atoms with Gasteiger partial charge in [0.05, 0.1) is 12.4 Å². The average molecular weight is 221 g/mol. The topological polar surface area (TPSA) is 61.0 Å². The van der Waals surface area contributed by atoms with Gasteiger partial charge in [-0.2, -0.15) is 0 Å². The van der Waals surface area contributed by atoms with Crippen molar-refractivity contribution in [1.29, 1.82) is 0 Å². The maximum absolute atomic E-state index is 5.77. The Balaban J connectivity index is 1.89. The molecule has 1 aliphatic carbocycles. The summed E-state index contributed by atoms with van der Waals surface area (Å²) < 4.78 is 5.77. The van der Waals surface area contributed by atoms with Crippen molar-refractivity contribution < 1.29 is 4.74 Å². The molecule has 16 heavy (non-hydrogen) atoms. The monoisotopic (exact) mass is 221 g/mol. The molecule has 4 heteroatoms. The van der Waals surface area contributed by atoms with Crippen LogP contribution in [0.3, 0.4) is 0 Å². The first-order valence-electron chi connectivity index (χ1n) is 5.79. The van der Waals surface area contributed by atoms with Gasteiger partial charge in [0.2, 0.25) is 5.88 Å². The maximum Gasteiger partial charge on any atom is 0.232 e. The van der Waals surface area contributed by atoms with E-state index >= 15 is 0 Å². The fraction of sp³-hybridized carbons (Fsp3) is 0.667. The van der Waals surface area contributed by atoms with E-state index < -0.39 is 0 Å². The summed E-state index contributed by atoms with van der Waals surface area (Å²) in [5.41, 5.74) is 5.93. The van der Waals surface area contributed by atoms with Gasteiger partial charge in [0.1, 0.15) is 11.9 Å². The van der Waals surface area contributed by atoms with Crippen LogP contribution < -0.4 is 10.5 Å². The number of nitrogens with zero attached hydrogens (tertiary/aromatic N) is 2. The number of rotatable bonds is 2. The molecule has 88 valence electrons. The number of nitrogens with two attached hydrogens (primary N) is 1. The van der Waals surface area contributed by atoms with E-state index in [9.17, 15) is 0 Å². The van der Waals surface area contributed by atoms with Crippen molar-refractivity contribution in [2.75, 3.05) is 5.73 Å². The van der Waals surface area contributed by atoms with Crippen molar-refractivity contribution in [3.63, 3.8) is 0 Å². The molecule has 0 aromatic carbocycles. The van der Waals surface area contributed by atoms with Crippen molar-refractivity contribution in [1.82, 2.24) is 9.97 Å². The summed E-state index contributed by atoms with van der Waals surface area (Å²) in [6, 6.07) is 0. The number of hydrogen-bond acceptors (Lipinski definition) is 4. The third-order valence-electron chi connectivity index (χ3n) is 3.22. The Morgan fingerprint density at radius 1 is 1.25 bits per heavy atom. The molecule has 4 nitrogen and oxygen atoms in total. The molecule has 0 aliphatic heterocycles. The smallest absolute Gasteiger partial charge is 0.232 e. The van der Waals surface area contributed by atoms with Gasteiger partial charge in [-0.25, -0.2) is 9.97 Å². The fourth-order valence-electron chi connectivity index (χ4n) is 2.05. The average Bonchev–Trinajstić information content (AvgIpc) is 2.24. The van der Waals surface area contributed by atoms with Crippen LogP contribution in [0.2, 0.25) is 0 Å². The zero-order valence-corrected chi connectivity index (χ0v) is 9.94.